The number of halogens is 1. The Hall–Kier alpha value is -3.42. The minimum atomic E-state index is -1.09. The van der Waals surface area contributed by atoms with E-state index in [1.54, 1.807) is 12.1 Å². The maximum atomic E-state index is 13.1. The van der Waals surface area contributed by atoms with Crippen molar-refractivity contribution in [2.75, 3.05) is 6.79 Å². The van der Waals surface area contributed by atoms with Crippen molar-refractivity contribution in [3.05, 3.63) is 53.5 Å². The Morgan fingerprint density at radius 3 is 2.50 bits per heavy atom. The average molecular weight is 356 g/mol. The van der Waals surface area contributed by atoms with Crippen LogP contribution in [-0.2, 0) is 4.79 Å². The van der Waals surface area contributed by atoms with E-state index in [0.29, 0.717) is 22.4 Å². The molecule has 0 radical (unpaired) electrons. The van der Waals surface area contributed by atoms with Crippen molar-refractivity contribution in [3.63, 3.8) is 0 Å². The predicted molar refractivity (Wildman–Crippen MR) is 88.0 cm³/mol. The van der Waals surface area contributed by atoms with Gasteiger partial charge in [-0.25, -0.2) is 13.9 Å². The third-order valence-electron chi connectivity index (χ3n) is 4.25. The fourth-order valence-corrected chi connectivity index (χ4v) is 2.83. The van der Waals surface area contributed by atoms with E-state index < -0.39 is 23.6 Å². The molecule has 2 aromatic carbocycles. The van der Waals surface area contributed by atoms with Crippen LogP contribution in [0.2, 0.25) is 0 Å². The maximum Gasteiger partial charge on any atom is 0.328 e. The van der Waals surface area contributed by atoms with Crippen LogP contribution < -0.4 is 9.47 Å². The van der Waals surface area contributed by atoms with E-state index in [-0.39, 0.29) is 18.1 Å². The number of carbonyl (C=O) groups excluding carboxylic acids is 1. The number of nitrogens with zero attached hydrogens (tertiary/aromatic N) is 2. The highest BCUT2D eigenvalue weighted by atomic mass is 19.1. The maximum absolute atomic E-state index is 13.1. The van der Waals surface area contributed by atoms with Gasteiger partial charge in [-0.05, 0) is 37.3 Å². The lowest BCUT2D eigenvalue weighted by Gasteiger charge is -2.08. The molecule has 2 heterocycles. The van der Waals surface area contributed by atoms with Crippen molar-refractivity contribution >= 4 is 22.7 Å². The fourth-order valence-electron chi connectivity index (χ4n) is 2.83. The number of ketones is 1. The first-order valence-corrected chi connectivity index (χ1v) is 7.80. The number of aliphatic carboxylic acids is 1. The van der Waals surface area contributed by atoms with Crippen LogP contribution in [0.25, 0.3) is 10.9 Å². The lowest BCUT2D eigenvalue weighted by molar-refractivity contribution is -0.140. The van der Waals surface area contributed by atoms with Gasteiger partial charge in [-0.3, -0.25) is 4.79 Å². The van der Waals surface area contributed by atoms with Gasteiger partial charge in [0.15, 0.2) is 11.5 Å². The molecule has 1 aliphatic heterocycles. The summed E-state index contributed by atoms with van der Waals surface area (Å²) in [5, 5.41) is 14.0. The molecule has 1 aliphatic rings. The van der Waals surface area contributed by atoms with Crippen LogP contribution in [0.5, 0.6) is 11.5 Å². The van der Waals surface area contributed by atoms with Gasteiger partial charge in [0.1, 0.15) is 17.6 Å². The van der Waals surface area contributed by atoms with Gasteiger partial charge in [-0.15, -0.1) is 0 Å². The second-order valence-corrected chi connectivity index (χ2v) is 5.87. The summed E-state index contributed by atoms with van der Waals surface area (Å²) >= 11 is 0. The zero-order valence-electron chi connectivity index (χ0n) is 13.6. The number of carbonyl (C=O) groups is 2. The van der Waals surface area contributed by atoms with E-state index >= 15 is 0 Å². The predicted octanol–water partition coefficient (Wildman–Crippen LogP) is 2.78. The Morgan fingerprint density at radius 1 is 1.19 bits per heavy atom. The van der Waals surface area contributed by atoms with Gasteiger partial charge >= 0.3 is 5.97 Å². The van der Waals surface area contributed by atoms with E-state index in [0.717, 1.165) is 0 Å². The Balaban J connectivity index is 1.92. The summed E-state index contributed by atoms with van der Waals surface area (Å²) in [6.07, 6.45) is 0. The minimum Gasteiger partial charge on any atom is -0.480 e. The Morgan fingerprint density at radius 2 is 1.85 bits per heavy atom. The van der Waals surface area contributed by atoms with Crippen LogP contribution in [0.3, 0.4) is 0 Å². The largest absolute Gasteiger partial charge is 0.480 e. The molecule has 1 atom stereocenters. The number of aromatic nitrogens is 2. The van der Waals surface area contributed by atoms with Crippen LogP contribution >= 0.6 is 0 Å². The first-order valence-electron chi connectivity index (χ1n) is 7.80. The average Bonchev–Trinajstić information content (AvgIpc) is 3.23. The summed E-state index contributed by atoms with van der Waals surface area (Å²) in [6.45, 7) is 1.51. The number of fused-ring (bicyclic) bond motifs is 2. The molecule has 0 amide bonds. The Bertz CT molecular complexity index is 1040. The number of carboxylic acids is 1. The first kappa shape index (κ1) is 16.1. The molecule has 0 spiro atoms. The summed E-state index contributed by atoms with van der Waals surface area (Å²) < 4.78 is 25.1. The molecule has 3 aromatic rings. The van der Waals surface area contributed by atoms with Crippen molar-refractivity contribution in [3.8, 4) is 11.5 Å². The summed E-state index contributed by atoms with van der Waals surface area (Å²) in [5.74, 6) is -1.08. The smallest absolute Gasteiger partial charge is 0.328 e. The Labute approximate surface area is 146 Å². The molecule has 26 heavy (non-hydrogen) atoms. The van der Waals surface area contributed by atoms with Crippen molar-refractivity contribution in [1.82, 2.24) is 9.78 Å². The van der Waals surface area contributed by atoms with Crippen molar-refractivity contribution in [2.45, 2.75) is 13.0 Å². The van der Waals surface area contributed by atoms with E-state index in [1.807, 2.05) is 0 Å². The number of hydrogen-bond acceptors (Lipinski definition) is 5. The molecule has 0 aliphatic carbocycles. The third kappa shape index (κ3) is 2.46. The molecular weight excluding hydrogens is 343 g/mol. The lowest BCUT2D eigenvalue weighted by atomic mass is 10.0. The molecule has 0 saturated heterocycles. The molecule has 8 heteroatoms. The molecule has 4 rings (SSSR count). The molecule has 0 saturated carbocycles. The van der Waals surface area contributed by atoms with Gasteiger partial charge in [0.05, 0.1) is 5.52 Å². The molecule has 0 bridgehead atoms. The quantitative estimate of drug-likeness (QED) is 0.723. The van der Waals surface area contributed by atoms with Gasteiger partial charge in [0.25, 0.3) is 0 Å². The highest BCUT2D eigenvalue weighted by Gasteiger charge is 2.27. The summed E-state index contributed by atoms with van der Waals surface area (Å²) in [5.41, 5.74) is 0.756. The monoisotopic (exact) mass is 356 g/mol. The number of ether oxygens (including phenoxy) is 2. The summed E-state index contributed by atoms with van der Waals surface area (Å²) in [7, 11) is 0. The molecule has 7 nitrogen and oxygen atoms in total. The summed E-state index contributed by atoms with van der Waals surface area (Å²) in [6, 6.07) is 7.29. The van der Waals surface area contributed by atoms with Gasteiger partial charge in [0.2, 0.25) is 12.6 Å². The molecule has 132 valence electrons. The van der Waals surface area contributed by atoms with E-state index in [9.17, 15) is 19.1 Å². The van der Waals surface area contributed by atoms with Crippen molar-refractivity contribution in [2.24, 2.45) is 0 Å². The Kier molecular flexibility index (Phi) is 3.61. The van der Waals surface area contributed by atoms with E-state index in [1.165, 1.54) is 35.9 Å². The zero-order chi connectivity index (χ0) is 18.4. The molecule has 1 aromatic heterocycles. The second-order valence-electron chi connectivity index (χ2n) is 5.87. The fraction of sp³-hybridized carbons (Fsp3) is 0.167. The van der Waals surface area contributed by atoms with E-state index in [4.69, 9.17) is 9.47 Å². The van der Waals surface area contributed by atoms with Gasteiger partial charge in [0, 0.05) is 17.0 Å². The molecular formula is C18H13FN2O5. The highest BCUT2D eigenvalue weighted by Crippen LogP contribution is 2.38. The topological polar surface area (TPSA) is 90.7 Å². The van der Waals surface area contributed by atoms with Gasteiger partial charge in [-0.2, -0.15) is 5.10 Å². The highest BCUT2D eigenvalue weighted by molar-refractivity contribution is 6.15. The minimum absolute atomic E-state index is 0.0467. The SMILES string of the molecule is CC(C(=O)O)n1nc(C(=O)c2ccc(F)cc2)c2cc3c(cc21)OCO3. The van der Waals surface area contributed by atoms with Crippen LogP contribution in [-0.4, -0.2) is 33.4 Å². The zero-order valence-corrected chi connectivity index (χ0v) is 13.6. The van der Waals surface area contributed by atoms with Crippen LogP contribution in [0.1, 0.15) is 29.0 Å². The number of benzene rings is 2. The lowest BCUT2D eigenvalue weighted by Crippen LogP contribution is -2.17. The van der Waals surface area contributed by atoms with Crippen molar-refractivity contribution < 1.29 is 28.6 Å². The normalized spacial score (nSPS) is 13.8. The molecule has 1 unspecified atom stereocenters. The van der Waals surface area contributed by atoms with E-state index in [2.05, 4.69) is 5.10 Å². The van der Waals surface area contributed by atoms with Crippen LogP contribution in [0.15, 0.2) is 36.4 Å². The first-order chi connectivity index (χ1) is 12.5. The molecule has 1 N–H and O–H groups in total. The second kappa shape index (κ2) is 5.83. The third-order valence-corrected chi connectivity index (χ3v) is 4.25. The standard InChI is InChI=1S/C18H13FN2O5/c1-9(18(23)24)21-13-7-15-14(25-8-26-15)6-12(13)16(20-21)17(22)10-2-4-11(19)5-3-10/h2-7,9H,8H2,1H3,(H,23,24). The van der Waals surface area contributed by atoms with Gasteiger partial charge < -0.3 is 14.6 Å². The molecule has 0 fully saturated rings. The summed E-state index contributed by atoms with van der Waals surface area (Å²) in [4.78, 5) is 24.3. The number of rotatable bonds is 4. The number of carboxylic acid groups (broad SMARTS) is 1. The number of hydrogen-bond donors (Lipinski definition) is 1. The van der Waals surface area contributed by atoms with Crippen molar-refractivity contribution in [1.29, 1.82) is 0 Å². The van der Waals surface area contributed by atoms with Crippen LogP contribution in [0, 0.1) is 5.82 Å². The van der Waals surface area contributed by atoms with Crippen LogP contribution in [0.4, 0.5) is 4.39 Å². The van der Waals surface area contributed by atoms with Gasteiger partial charge in [-0.1, -0.05) is 0 Å².